The number of rotatable bonds is 12. The Morgan fingerprint density at radius 1 is 1.10 bits per heavy atom. The van der Waals surface area contributed by atoms with Gasteiger partial charge >= 0.3 is 12.3 Å². The number of ether oxygens (including phenoxy) is 2. The molecule has 3 heterocycles. The third-order valence-electron chi connectivity index (χ3n) is 13.8. The van der Waals surface area contributed by atoms with Crippen molar-refractivity contribution in [2.45, 2.75) is 140 Å². The molecule has 1 aromatic heterocycles. The molecule has 3 fully saturated rings. The Hall–Kier alpha value is -4.81. The van der Waals surface area contributed by atoms with Crippen molar-refractivity contribution >= 4 is 50.3 Å². The van der Waals surface area contributed by atoms with Crippen molar-refractivity contribution < 1.29 is 55.3 Å². The first-order chi connectivity index (χ1) is 29.5. The van der Waals surface area contributed by atoms with E-state index in [0.717, 1.165) is 16.0 Å². The Morgan fingerprint density at radius 2 is 1.78 bits per heavy atom. The number of alkyl halides is 3. The predicted octanol–water partition coefficient (Wildman–Crippen LogP) is 6.40. The Labute approximate surface area is 367 Å². The van der Waals surface area contributed by atoms with E-state index < -0.39 is 85.9 Å². The van der Waals surface area contributed by atoms with Gasteiger partial charge in [-0.3, -0.25) is 24.0 Å². The maximum Gasteiger partial charge on any atom is 0.411 e. The van der Waals surface area contributed by atoms with Crippen LogP contribution >= 0.6 is 0 Å². The zero-order valence-corrected chi connectivity index (χ0v) is 38.1. The van der Waals surface area contributed by atoms with Gasteiger partial charge in [-0.2, -0.15) is 13.2 Å². The van der Waals surface area contributed by atoms with Gasteiger partial charge in [-0.15, -0.1) is 0 Å². The van der Waals surface area contributed by atoms with Gasteiger partial charge in [0.25, 0.3) is 5.91 Å². The molecular weight excluding hydrogens is 846 g/mol. The highest BCUT2D eigenvalue weighted by Crippen LogP contribution is 2.48. The van der Waals surface area contributed by atoms with Crippen LogP contribution in [0.5, 0.6) is 11.6 Å². The highest BCUT2D eigenvalue weighted by atomic mass is 32.2. The first-order valence-corrected chi connectivity index (χ1v) is 23.3. The molecule has 4 aliphatic rings. The highest BCUT2D eigenvalue weighted by Gasteiger charge is 2.64. The van der Waals surface area contributed by atoms with Crippen LogP contribution < -0.4 is 24.4 Å². The average Bonchev–Trinajstić information content (AvgIpc) is 4.10. The van der Waals surface area contributed by atoms with Crippen LogP contribution in [0.25, 0.3) is 10.8 Å². The number of hydrogen-bond acceptors (Lipinski definition) is 10. The van der Waals surface area contributed by atoms with Gasteiger partial charge in [-0.1, -0.05) is 32.4 Å². The van der Waals surface area contributed by atoms with Crippen molar-refractivity contribution in [2.75, 3.05) is 31.6 Å². The van der Waals surface area contributed by atoms with E-state index in [4.69, 9.17) is 9.47 Å². The minimum atomic E-state index is -5.10. The molecule has 2 aliphatic carbocycles. The maximum absolute atomic E-state index is 15.3. The summed E-state index contributed by atoms with van der Waals surface area (Å²) < 4.78 is 84.4. The van der Waals surface area contributed by atoms with E-state index >= 15 is 4.79 Å². The van der Waals surface area contributed by atoms with E-state index in [1.165, 1.54) is 14.0 Å². The van der Waals surface area contributed by atoms with Gasteiger partial charge in [-0.05, 0) is 103 Å². The number of halogens is 3. The van der Waals surface area contributed by atoms with Crippen LogP contribution in [0.15, 0.2) is 36.5 Å². The number of hydrogen-bond donors (Lipinski definition) is 3. The van der Waals surface area contributed by atoms with Crippen LogP contribution in [-0.4, -0.2) is 119 Å². The molecule has 2 saturated carbocycles. The SMILES string of the molecule is CC[C@@H]1C[C@H](C)CCC=C[C@@H]2C[C@@]2(C(=O)NS(=O)(=O)C2(C)CC2)NC(=O)[C@@H]2C[C@@H](Oc3ncc(N(CC)CC)c4cc(OC)ccc34)CN2C(=O)[C@H]1N(C(=O)O)C(C)(C)C(F)(F)F. The van der Waals surface area contributed by atoms with E-state index in [-0.39, 0.29) is 48.9 Å². The van der Waals surface area contributed by atoms with E-state index in [1.807, 2.05) is 32.9 Å². The topological polar surface area (TPSA) is 188 Å². The van der Waals surface area contributed by atoms with E-state index in [2.05, 4.69) is 19.9 Å². The van der Waals surface area contributed by atoms with Crippen molar-refractivity contribution in [3.05, 3.63) is 36.5 Å². The summed E-state index contributed by atoms with van der Waals surface area (Å²) in [5.41, 5.74) is -3.97. The van der Waals surface area contributed by atoms with Crippen LogP contribution in [0.1, 0.15) is 99.8 Å². The van der Waals surface area contributed by atoms with Gasteiger partial charge < -0.3 is 29.7 Å². The molecule has 63 heavy (non-hydrogen) atoms. The summed E-state index contributed by atoms with van der Waals surface area (Å²) in [6.45, 7) is 11.5. The highest BCUT2D eigenvalue weighted by molar-refractivity contribution is 7.91. The summed E-state index contributed by atoms with van der Waals surface area (Å²) in [7, 11) is -2.59. The quantitative estimate of drug-likeness (QED) is 0.200. The number of carbonyl (C=O) groups is 4. The third kappa shape index (κ3) is 9.12. The van der Waals surface area contributed by atoms with Gasteiger partial charge in [0.05, 0.1) is 30.3 Å². The molecule has 15 nitrogen and oxygen atoms in total. The van der Waals surface area contributed by atoms with Crippen LogP contribution in [-0.2, 0) is 24.4 Å². The number of benzene rings is 1. The minimum absolute atomic E-state index is 0.0504. The Kier molecular flexibility index (Phi) is 13.3. The smallest absolute Gasteiger partial charge is 0.411 e. The molecular formula is C44H61F3N6O9S. The van der Waals surface area contributed by atoms with Gasteiger partial charge in [0.2, 0.25) is 27.7 Å². The molecule has 2 aromatic rings. The number of amides is 4. The second-order valence-corrected chi connectivity index (χ2v) is 20.5. The average molecular weight is 907 g/mol. The molecule has 348 valence electrons. The number of aromatic nitrogens is 1. The first-order valence-electron chi connectivity index (χ1n) is 21.8. The Bertz CT molecular complexity index is 2230. The van der Waals surface area contributed by atoms with E-state index in [9.17, 15) is 41.1 Å². The lowest BCUT2D eigenvalue weighted by atomic mass is 9.82. The zero-order chi connectivity index (χ0) is 46.4. The van der Waals surface area contributed by atoms with E-state index in [0.29, 0.717) is 63.8 Å². The number of anilines is 1. The van der Waals surface area contributed by atoms with E-state index in [1.54, 1.807) is 31.3 Å². The fraction of sp³-hybridized carbons (Fsp3) is 0.659. The van der Waals surface area contributed by atoms with Crippen molar-refractivity contribution in [1.29, 1.82) is 0 Å². The largest absolute Gasteiger partial charge is 0.497 e. The van der Waals surface area contributed by atoms with Gasteiger partial charge in [0.15, 0.2) is 0 Å². The van der Waals surface area contributed by atoms with Crippen molar-refractivity contribution in [1.82, 2.24) is 24.8 Å². The minimum Gasteiger partial charge on any atom is -0.497 e. The number of methoxy groups -OCH3 is 1. The number of carbonyl (C=O) groups excluding carboxylic acids is 3. The summed E-state index contributed by atoms with van der Waals surface area (Å²) in [5, 5.41) is 14.7. The maximum atomic E-state index is 15.3. The number of fused-ring (bicyclic) bond motifs is 3. The lowest BCUT2D eigenvalue weighted by molar-refractivity contribution is -0.222. The van der Waals surface area contributed by atoms with Gasteiger partial charge in [0, 0.05) is 36.2 Å². The van der Waals surface area contributed by atoms with Gasteiger partial charge in [0.1, 0.15) is 35.0 Å². The molecule has 4 amide bonds. The normalized spacial score (nSPS) is 27.6. The molecule has 0 spiro atoms. The molecule has 19 heteroatoms. The number of nitrogens with one attached hydrogen (secondary N) is 2. The number of sulfonamides is 1. The number of allylic oxidation sites excluding steroid dienone is 1. The van der Waals surface area contributed by atoms with Crippen LogP contribution in [0, 0.1) is 17.8 Å². The Balaban J connectivity index is 1.46. The second kappa shape index (κ2) is 17.6. The summed E-state index contributed by atoms with van der Waals surface area (Å²) in [6.07, 6.45) is -1.01. The summed E-state index contributed by atoms with van der Waals surface area (Å²) in [5.74, 6) is -3.82. The van der Waals surface area contributed by atoms with Crippen LogP contribution in [0.4, 0.5) is 23.7 Å². The molecule has 2 aliphatic heterocycles. The first kappa shape index (κ1) is 47.7. The Morgan fingerprint density at radius 3 is 2.37 bits per heavy atom. The van der Waals surface area contributed by atoms with Crippen molar-refractivity contribution in [2.24, 2.45) is 17.8 Å². The van der Waals surface area contributed by atoms with Crippen LogP contribution in [0.2, 0.25) is 0 Å². The fourth-order valence-electron chi connectivity index (χ4n) is 9.15. The number of carboxylic acid groups (broad SMARTS) is 1. The molecule has 0 bridgehead atoms. The molecule has 1 aromatic carbocycles. The fourth-order valence-corrected chi connectivity index (χ4v) is 10.5. The van der Waals surface area contributed by atoms with Crippen molar-refractivity contribution in [3.63, 3.8) is 0 Å². The zero-order valence-electron chi connectivity index (χ0n) is 37.3. The number of pyridine rings is 1. The van der Waals surface area contributed by atoms with Crippen LogP contribution in [0.3, 0.4) is 0 Å². The summed E-state index contributed by atoms with van der Waals surface area (Å²) >= 11 is 0. The molecule has 0 radical (unpaired) electrons. The standard InChI is InChI=1S/C44H61F3N6O9S/c1-9-27-20-26(4)14-12-13-15-28-23-43(28,39(56)50-63(59,60)42(7)18-19-42)49-36(54)33-22-30(25-52(33)38(55)35(27)53(40(57)58)41(5,6)44(45,46)47)62-37-31-17-16-29(61-8)21-32(31)34(24-48-37)51(10-2)11-3/h13,15-17,21,24,26-28,30,33,35H,9-12,14,18-20,22-23,25H2,1-8H3,(H,49,54)(H,50,56)(H,57,58)/t26-,27-,28-,30-,33+,35+,43-/m1/s1. The molecule has 7 atom stereocenters. The summed E-state index contributed by atoms with van der Waals surface area (Å²) in [4.78, 5) is 65.3. The van der Waals surface area contributed by atoms with Gasteiger partial charge in [-0.25, -0.2) is 18.2 Å². The molecule has 0 unspecified atom stereocenters. The third-order valence-corrected chi connectivity index (χ3v) is 15.9. The number of nitrogens with zero attached hydrogens (tertiary/aromatic N) is 4. The predicted molar refractivity (Wildman–Crippen MR) is 230 cm³/mol. The molecule has 3 N–H and O–H groups in total. The molecule has 6 rings (SSSR count). The lowest BCUT2D eigenvalue weighted by Gasteiger charge is -2.46. The monoisotopic (exact) mass is 906 g/mol. The summed E-state index contributed by atoms with van der Waals surface area (Å²) in [6, 6.07) is 1.95. The molecule has 1 saturated heterocycles. The lowest BCUT2D eigenvalue weighted by Crippen LogP contribution is -2.66. The second-order valence-electron chi connectivity index (χ2n) is 18.3. The van der Waals surface area contributed by atoms with Crippen molar-refractivity contribution in [3.8, 4) is 11.6 Å².